The van der Waals surface area contributed by atoms with Gasteiger partial charge in [-0.3, -0.25) is 0 Å². The van der Waals surface area contributed by atoms with Gasteiger partial charge in [-0.25, -0.2) is 9.37 Å². The number of H-pyrrole nitrogens is 1. The van der Waals surface area contributed by atoms with Gasteiger partial charge in [-0.15, -0.1) is 0 Å². The molecule has 0 bridgehead atoms. The number of hydrogen-bond acceptors (Lipinski definition) is 3. The number of rotatable bonds is 3. The first-order valence-corrected chi connectivity index (χ1v) is 6.09. The lowest BCUT2D eigenvalue weighted by Crippen LogP contribution is -1.91. The Labute approximate surface area is 115 Å². The monoisotopic (exact) mass is 272 g/mol. The number of hydrogen-bond donors (Lipinski definition) is 1. The Balaban J connectivity index is 2.14. The zero-order valence-electron chi connectivity index (χ0n) is 11.1. The molecule has 0 aliphatic heterocycles. The summed E-state index contributed by atoms with van der Waals surface area (Å²) in [4.78, 5) is 7.54. The third-order valence-electron chi connectivity index (χ3n) is 3.11. The maximum absolute atomic E-state index is 13.2. The first kappa shape index (κ1) is 12.5. The lowest BCUT2D eigenvalue weighted by atomic mass is 10.2. The van der Waals surface area contributed by atoms with E-state index in [1.54, 1.807) is 26.4 Å². The second kappa shape index (κ2) is 4.85. The minimum atomic E-state index is -0.297. The molecule has 102 valence electrons. The molecule has 0 spiro atoms. The molecular weight excluding hydrogens is 259 g/mol. The zero-order valence-corrected chi connectivity index (χ0v) is 11.1. The molecule has 1 aromatic heterocycles. The van der Waals surface area contributed by atoms with Crippen LogP contribution in [0.25, 0.3) is 22.4 Å². The molecule has 1 heterocycles. The van der Waals surface area contributed by atoms with Gasteiger partial charge in [0.1, 0.15) is 23.1 Å². The van der Waals surface area contributed by atoms with Gasteiger partial charge < -0.3 is 14.5 Å². The number of benzene rings is 2. The molecule has 0 radical (unpaired) electrons. The molecule has 0 aliphatic carbocycles. The number of halogens is 1. The number of fused-ring (bicyclic) bond motifs is 1. The number of aromatic amines is 1. The van der Waals surface area contributed by atoms with Gasteiger partial charge in [0.25, 0.3) is 0 Å². The van der Waals surface area contributed by atoms with Crippen LogP contribution in [0.5, 0.6) is 11.5 Å². The molecule has 0 amide bonds. The molecule has 0 aliphatic rings. The standard InChI is InChI=1S/C15H13FN2O2/c1-19-10-4-5-11(14(8-10)20-2)15-17-12-6-3-9(16)7-13(12)18-15/h3-8H,1-2H3,(H,17,18). The van der Waals surface area contributed by atoms with Gasteiger partial charge in [0.15, 0.2) is 0 Å². The fourth-order valence-electron chi connectivity index (χ4n) is 2.10. The molecule has 3 aromatic rings. The SMILES string of the molecule is COc1ccc(-c2nc3ccc(F)cc3[nH]2)c(OC)c1. The van der Waals surface area contributed by atoms with Crippen LogP contribution < -0.4 is 9.47 Å². The molecule has 0 atom stereocenters. The van der Waals surface area contributed by atoms with Gasteiger partial charge in [-0.1, -0.05) is 0 Å². The molecule has 5 heteroatoms. The Hall–Kier alpha value is -2.56. The predicted octanol–water partition coefficient (Wildman–Crippen LogP) is 3.39. The lowest BCUT2D eigenvalue weighted by molar-refractivity contribution is 0.395. The minimum absolute atomic E-state index is 0.297. The van der Waals surface area contributed by atoms with Crippen LogP contribution in [-0.2, 0) is 0 Å². The number of imidazole rings is 1. The number of ether oxygens (including phenoxy) is 2. The van der Waals surface area contributed by atoms with E-state index in [1.807, 2.05) is 12.1 Å². The molecule has 20 heavy (non-hydrogen) atoms. The first-order valence-electron chi connectivity index (χ1n) is 6.09. The van der Waals surface area contributed by atoms with Crippen LogP contribution in [0.4, 0.5) is 4.39 Å². The molecule has 1 N–H and O–H groups in total. The van der Waals surface area contributed by atoms with Gasteiger partial charge in [-0.2, -0.15) is 0 Å². The van der Waals surface area contributed by atoms with Crippen molar-refractivity contribution in [1.82, 2.24) is 9.97 Å². The summed E-state index contributed by atoms with van der Waals surface area (Å²) in [6.07, 6.45) is 0. The summed E-state index contributed by atoms with van der Waals surface area (Å²) in [7, 11) is 3.18. The molecule has 0 saturated carbocycles. The number of nitrogens with one attached hydrogen (secondary N) is 1. The molecule has 0 saturated heterocycles. The fourth-order valence-corrected chi connectivity index (χ4v) is 2.10. The summed E-state index contributed by atoms with van der Waals surface area (Å²) in [5.41, 5.74) is 2.15. The van der Waals surface area contributed by atoms with E-state index in [0.29, 0.717) is 28.4 Å². The topological polar surface area (TPSA) is 47.1 Å². The number of methoxy groups -OCH3 is 2. The molecule has 4 nitrogen and oxygen atoms in total. The van der Waals surface area contributed by atoms with Crippen LogP contribution in [0.15, 0.2) is 36.4 Å². The normalized spacial score (nSPS) is 10.8. The van der Waals surface area contributed by atoms with Crippen molar-refractivity contribution in [3.05, 3.63) is 42.2 Å². The lowest BCUT2D eigenvalue weighted by Gasteiger charge is -2.08. The van der Waals surface area contributed by atoms with E-state index in [-0.39, 0.29) is 5.82 Å². The van der Waals surface area contributed by atoms with Crippen molar-refractivity contribution in [2.24, 2.45) is 0 Å². The van der Waals surface area contributed by atoms with Crippen molar-refractivity contribution in [3.63, 3.8) is 0 Å². The summed E-state index contributed by atoms with van der Waals surface area (Å²) in [5.74, 6) is 1.68. The highest BCUT2D eigenvalue weighted by atomic mass is 19.1. The summed E-state index contributed by atoms with van der Waals surface area (Å²) >= 11 is 0. The maximum atomic E-state index is 13.2. The van der Waals surface area contributed by atoms with Gasteiger partial charge in [0.05, 0.1) is 30.8 Å². The number of aromatic nitrogens is 2. The van der Waals surface area contributed by atoms with Crippen LogP contribution in [-0.4, -0.2) is 24.2 Å². The summed E-state index contributed by atoms with van der Waals surface area (Å²) < 4.78 is 23.7. The van der Waals surface area contributed by atoms with Crippen LogP contribution >= 0.6 is 0 Å². The van der Waals surface area contributed by atoms with Gasteiger partial charge in [0.2, 0.25) is 0 Å². The molecular formula is C15H13FN2O2. The Bertz CT molecular complexity index is 768. The van der Waals surface area contributed by atoms with Crippen LogP contribution in [0, 0.1) is 5.82 Å². The van der Waals surface area contributed by atoms with Crippen LogP contribution in [0.1, 0.15) is 0 Å². The maximum Gasteiger partial charge on any atom is 0.142 e. The average molecular weight is 272 g/mol. The van der Waals surface area contributed by atoms with Gasteiger partial charge in [0, 0.05) is 6.07 Å². The zero-order chi connectivity index (χ0) is 14.1. The highest BCUT2D eigenvalue weighted by Gasteiger charge is 2.12. The second-order valence-corrected chi connectivity index (χ2v) is 4.31. The Kier molecular flexibility index (Phi) is 3.02. The van der Waals surface area contributed by atoms with Crippen LogP contribution in [0.2, 0.25) is 0 Å². The van der Waals surface area contributed by atoms with E-state index in [0.717, 1.165) is 5.56 Å². The highest BCUT2D eigenvalue weighted by molar-refractivity contribution is 5.80. The Morgan fingerprint density at radius 1 is 1.05 bits per heavy atom. The summed E-state index contributed by atoms with van der Waals surface area (Å²) in [6, 6.07) is 9.90. The minimum Gasteiger partial charge on any atom is -0.497 e. The summed E-state index contributed by atoms with van der Waals surface area (Å²) in [6.45, 7) is 0. The molecule has 2 aromatic carbocycles. The van der Waals surface area contributed by atoms with Gasteiger partial charge in [-0.05, 0) is 30.3 Å². The fraction of sp³-hybridized carbons (Fsp3) is 0.133. The van der Waals surface area contributed by atoms with E-state index in [1.165, 1.54) is 12.1 Å². The molecule has 3 rings (SSSR count). The third kappa shape index (κ3) is 2.07. The predicted molar refractivity (Wildman–Crippen MR) is 74.6 cm³/mol. The van der Waals surface area contributed by atoms with Crippen molar-refractivity contribution in [2.45, 2.75) is 0 Å². The van der Waals surface area contributed by atoms with E-state index in [4.69, 9.17) is 9.47 Å². The van der Waals surface area contributed by atoms with Crippen molar-refractivity contribution >= 4 is 11.0 Å². The van der Waals surface area contributed by atoms with Crippen molar-refractivity contribution in [3.8, 4) is 22.9 Å². The van der Waals surface area contributed by atoms with E-state index >= 15 is 0 Å². The highest BCUT2D eigenvalue weighted by Crippen LogP contribution is 2.32. The second-order valence-electron chi connectivity index (χ2n) is 4.31. The Morgan fingerprint density at radius 2 is 1.90 bits per heavy atom. The smallest absolute Gasteiger partial charge is 0.142 e. The van der Waals surface area contributed by atoms with E-state index in [9.17, 15) is 4.39 Å². The third-order valence-corrected chi connectivity index (χ3v) is 3.11. The Morgan fingerprint density at radius 3 is 2.65 bits per heavy atom. The largest absolute Gasteiger partial charge is 0.497 e. The van der Waals surface area contributed by atoms with Gasteiger partial charge >= 0.3 is 0 Å². The summed E-state index contributed by atoms with van der Waals surface area (Å²) in [5, 5.41) is 0. The van der Waals surface area contributed by atoms with Crippen molar-refractivity contribution in [1.29, 1.82) is 0 Å². The van der Waals surface area contributed by atoms with Crippen molar-refractivity contribution in [2.75, 3.05) is 14.2 Å². The number of nitrogens with zero attached hydrogens (tertiary/aromatic N) is 1. The first-order chi connectivity index (χ1) is 9.71. The van der Waals surface area contributed by atoms with Crippen molar-refractivity contribution < 1.29 is 13.9 Å². The van der Waals surface area contributed by atoms with E-state index in [2.05, 4.69) is 9.97 Å². The van der Waals surface area contributed by atoms with Crippen LogP contribution in [0.3, 0.4) is 0 Å². The van der Waals surface area contributed by atoms with E-state index < -0.39 is 0 Å². The molecule has 0 fully saturated rings. The average Bonchev–Trinajstić information content (AvgIpc) is 2.89. The quantitative estimate of drug-likeness (QED) is 0.795. The molecule has 0 unspecified atom stereocenters.